The largest absolute Gasteiger partial charge is 0.472 e. The number of ether oxygens (including phenoxy) is 1. The van der Waals surface area contributed by atoms with Crippen molar-refractivity contribution in [3.63, 3.8) is 0 Å². The minimum Gasteiger partial charge on any atom is -0.472 e. The van der Waals surface area contributed by atoms with Crippen molar-refractivity contribution < 1.29 is 11.6 Å². The van der Waals surface area contributed by atoms with Gasteiger partial charge in [0.05, 0.1) is 0 Å². The average molecular weight is 420 g/mol. The van der Waals surface area contributed by atoms with E-state index in [4.69, 9.17) is 11.6 Å². The van der Waals surface area contributed by atoms with Crippen LogP contribution in [0.5, 0.6) is 0 Å². The zero-order chi connectivity index (χ0) is 24.6. The van der Waals surface area contributed by atoms with Gasteiger partial charge in [-0.1, -0.05) is 33.8 Å². The highest BCUT2D eigenvalue weighted by Crippen LogP contribution is 2.55. The van der Waals surface area contributed by atoms with Gasteiger partial charge < -0.3 is 10.1 Å². The highest BCUT2D eigenvalue weighted by Gasteiger charge is 2.50. The number of allylic oxidation sites excluding steroid dienone is 1. The second-order valence-electron chi connectivity index (χ2n) is 10.5. The minimum absolute atomic E-state index is 0.0883. The zero-order valence-corrected chi connectivity index (χ0v) is 18.9. The summed E-state index contributed by atoms with van der Waals surface area (Å²) < 4.78 is 47.8. The SMILES string of the molecule is [2H]C([2H])([2H])C1=NC2OC3=C([C@@H]4NCC=C5S[C@H](C([2H])([2H])C(C)(C)C)C(C)C54)CCCC3C2CC1. The molecule has 0 saturated carbocycles. The standard InChI is InChI=1S/C25H38N2OS/c1-14-9-10-17-16-7-6-8-18(23(16)28-24(17)27-14)22-21-15(2)20(13-25(3,4)5)29-19(21)11-12-26-22/h11,15-17,20-22,24,26H,6-10,12-13H2,1-5H3/t15?,16?,17?,20-,21?,22+,24?/m1/s1/i1D3,13D2. The predicted octanol–water partition coefficient (Wildman–Crippen LogP) is 5.93. The fourth-order valence-electron chi connectivity index (χ4n) is 6.06. The molecule has 160 valence electrons. The van der Waals surface area contributed by atoms with Crippen LogP contribution in [0.1, 0.15) is 79.9 Å². The van der Waals surface area contributed by atoms with Gasteiger partial charge in [0, 0.05) is 48.2 Å². The normalized spacial score (nSPS) is 45.4. The van der Waals surface area contributed by atoms with Crippen molar-refractivity contribution in [3.05, 3.63) is 22.3 Å². The molecule has 0 aromatic carbocycles. The molecule has 5 rings (SSSR count). The van der Waals surface area contributed by atoms with E-state index in [0.717, 1.165) is 38.0 Å². The molecule has 7 atom stereocenters. The molecule has 2 fully saturated rings. The third kappa shape index (κ3) is 3.63. The van der Waals surface area contributed by atoms with Crippen molar-refractivity contribution in [1.29, 1.82) is 0 Å². The lowest BCUT2D eigenvalue weighted by Gasteiger charge is -2.37. The van der Waals surface area contributed by atoms with Crippen molar-refractivity contribution >= 4 is 17.5 Å². The summed E-state index contributed by atoms with van der Waals surface area (Å²) in [6.45, 7) is 6.89. The van der Waals surface area contributed by atoms with Gasteiger partial charge in [-0.3, -0.25) is 4.99 Å². The number of aliphatic imine (C=N–C) groups is 1. The Hall–Kier alpha value is -0.740. The van der Waals surface area contributed by atoms with Gasteiger partial charge in [0.2, 0.25) is 0 Å². The fraction of sp³-hybridized carbons (Fsp3) is 0.800. The molecular formula is C25H38N2OS. The Bertz CT molecular complexity index is 935. The van der Waals surface area contributed by atoms with Crippen LogP contribution in [0.25, 0.3) is 0 Å². The van der Waals surface area contributed by atoms with Crippen LogP contribution >= 0.6 is 11.8 Å². The Morgan fingerprint density at radius 1 is 1.34 bits per heavy atom. The van der Waals surface area contributed by atoms with E-state index < -0.39 is 18.6 Å². The van der Waals surface area contributed by atoms with Crippen molar-refractivity contribution in [2.75, 3.05) is 6.54 Å². The van der Waals surface area contributed by atoms with E-state index >= 15 is 0 Å². The van der Waals surface area contributed by atoms with E-state index in [1.807, 2.05) is 20.8 Å². The summed E-state index contributed by atoms with van der Waals surface area (Å²) in [5, 5.41) is 3.66. The molecular weight excluding hydrogens is 376 g/mol. The smallest absolute Gasteiger partial charge is 0.192 e. The lowest BCUT2D eigenvalue weighted by Crippen LogP contribution is -2.45. The first-order valence-corrected chi connectivity index (χ1v) is 12.3. The molecule has 1 aliphatic carbocycles. The molecule has 5 aliphatic rings. The second kappa shape index (κ2) is 7.44. The molecule has 0 bridgehead atoms. The van der Waals surface area contributed by atoms with Crippen LogP contribution in [0, 0.1) is 29.1 Å². The van der Waals surface area contributed by atoms with Gasteiger partial charge in [-0.25, -0.2) is 0 Å². The maximum Gasteiger partial charge on any atom is 0.192 e. The number of nitrogens with one attached hydrogen (secondary N) is 1. The molecule has 2 saturated heterocycles. The summed E-state index contributed by atoms with van der Waals surface area (Å²) in [6.07, 6.45) is 5.15. The van der Waals surface area contributed by atoms with E-state index in [1.54, 1.807) is 11.8 Å². The Balaban J connectivity index is 1.46. The van der Waals surface area contributed by atoms with Gasteiger partial charge in [0.1, 0.15) is 5.76 Å². The van der Waals surface area contributed by atoms with Crippen LogP contribution in [0.4, 0.5) is 0 Å². The van der Waals surface area contributed by atoms with Crippen molar-refractivity contribution in [2.45, 2.75) is 90.5 Å². The monoisotopic (exact) mass is 419 g/mol. The molecule has 3 nitrogen and oxygen atoms in total. The molecule has 4 heteroatoms. The molecule has 0 aromatic heterocycles. The van der Waals surface area contributed by atoms with Gasteiger partial charge in [-0.15, -0.1) is 11.8 Å². The highest BCUT2D eigenvalue weighted by atomic mass is 32.2. The Morgan fingerprint density at radius 2 is 2.21 bits per heavy atom. The maximum absolute atomic E-state index is 8.96. The first-order valence-electron chi connectivity index (χ1n) is 13.9. The highest BCUT2D eigenvalue weighted by molar-refractivity contribution is 8.04. The van der Waals surface area contributed by atoms with Gasteiger partial charge in [0.25, 0.3) is 0 Å². The Kier molecular flexibility index (Phi) is 3.88. The van der Waals surface area contributed by atoms with Crippen LogP contribution in [-0.4, -0.2) is 29.8 Å². The maximum atomic E-state index is 8.96. The summed E-state index contributed by atoms with van der Waals surface area (Å²) in [4.78, 5) is 5.91. The van der Waals surface area contributed by atoms with Crippen LogP contribution in [0.15, 0.2) is 27.3 Å². The van der Waals surface area contributed by atoms with E-state index in [-0.39, 0.29) is 35.3 Å². The molecule has 4 aliphatic heterocycles. The first kappa shape index (κ1) is 15.1. The molecule has 4 heterocycles. The van der Waals surface area contributed by atoms with Gasteiger partial charge in [0.15, 0.2) is 6.23 Å². The van der Waals surface area contributed by atoms with Gasteiger partial charge in [-0.05, 0) is 67.1 Å². The van der Waals surface area contributed by atoms with Gasteiger partial charge >= 0.3 is 0 Å². The van der Waals surface area contributed by atoms with E-state index in [9.17, 15) is 0 Å². The molecule has 0 spiro atoms. The van der Waals surface area contributed by atoms with Crippen molar-refractivity contribution in [3.8, 4) is 0 Å². The summed E-state index contributed by atoms with van der Waals surface area (Å²) in [5.41, 5.74) is 1.20. The number of hydrogen-bond donors (Lipinski definition) is 1. The third-order valence-corrected chi connectivity index (χ3v) is 8.84. The second-order valence-corrected chi connectivity index (χ2v) is 11.7. The van der Waals surface area contributed by atoms with Gasteiger partial charge in [-0.2, -0.15) is 0 Å². The summed E-state index contributed by atoms with van der Waals surface area (Å²) in [5.74, 6) is 2.10. The van der Waals surface area contributed by atoms with Crippen LogP contribution in [-0.2, 0) is 4.74 Å². The van der Waals surface area contributed by atoms with E-state index in [1.165, 1.54) is 10.5 Å². The van der Waals surface area contributed by atoms with E-state index in [0.29, 0.717) is 18.1 Å². The molecule has 29 heavy (non-hydrogen) atoms. The molecule has 0 amide bonds. The number of fused-ring (bicyclic) bond motifs is 4. The first-order chi connectivity index (χ1) is 15.8. The van der Waals surface area contributed by atoms with Crippen molar-refractivity contribution in [2.24, 2.45) is 34.1 Å². The zero-order valence-electron chi connectivity index (χ0n) is 23.1. The predicted molar refractivity (Wildman–Crippen MR) is 123 cm³/mol. The summed E-state index contributed by atoms with van der Waals surface area (Å²) >= 11 is 1.75. The summed E-state index contributed by atoms with van der Waals surface area (Å²) in [7, 11) is 0. The summed E-state index contributed by atoms with van der Waals surface area (Å²) in [6, 6.07) is 0.146. The Morgan fingerprint density at radius 3 is 3.00 bits per heavy atom. The number of rotatable bonds is 2. The van der Waals surface area contributed by atoms with Crippen LogP contribution in [0.3, 0.4) is 0 Å². The van der Waals surface area contributed by atoms with E-state index in [2.05, 4.69) is 23.3 Å². The minimum atomic E-state index is -2.14. The fourth-order valence-corrected chi connectivity index (χ4v) is 7.84. The van der Waals surface area contributed by atoms with Crippen molar-refractivity contribution in [1.82, 2.24) is 5.32 Å². The Labute approximate surface area is 188 Å². The number of hydrogen-bond acceptors (Lipinski definition) is 4. The molecule has 5 unspecified atom stereocenters. The quantitative estimate of drug-likeness (QED) is 0.602. The molecule has 0 radical (unpaired) electrons. The molecule has 1 N–H and O–H groups in total. The van der Waals surface area contributed by atoms with Crippen LogP contribution < -0.4 is 5.32 Å². The molecule has 0 aromatic rings. The lowest BCUT2D eigenvalue weighted by molar-refractivity contribution is 0.127. The third-order valence-electron chi connectivity index (χ3n) is 7.33. The van der Waals surface area contributed by atoms with Crippen LogP contribution in [0.2, 0.25) is 0 Å². The lowest BCUT2D eigenvalue weighted by atomic mass is 9.72. The number of thioether (sulfide) groups is 1. The topological polar surface area (TPSA) is 33.6 Å². The average Bonchev–Trinajstić information content (AvgIpc) is 3.30. The number of nitrogens with zero attached hydrogens (tertiary/aromatic N) is 1.